The first-order chi connectivity index (χ1) is 7.74. The quantitative estimate of drug-likeness (QED) is 0.808. The molecule has 2 saturated heterocycles. The lowest BCUT2D eigenvalue weighted by Gasteiger charge is -2.18. The predicted molar refractivity (Wildman–Crippen MR) is 63.7 cm³/mol. The van der Waals surface area contributed by atoms with E-state index in [2.05, 4.69) is 9.88 Å². The van der Waals surface area contributed by atoms with Gasteiger partial charge in [-0.25, -0.2) is 4.98 Å². The van der Waals surface area contributed by atoms with Crippen LogP contribution in [0.25, 0.3) is 0 Å². The normalized spacial score (nSPS) is 28.4. The van der Waals surface area contributed by atoms with Crippen LogP contribution < -0.4 is 10.6 Å². The Kier molecular flexibility index (Phi) is 2.41. The van der Waals surface area contributed by atoms with Gasteiger partial charge in [0.05, 0.1) is 16.8 Å². The summed E-state index contributed by atoms with van der Waals surface area (Å²) in [6.07, 6.45) is 3.14. The maximum absolute atomic E-state index is 5.85. The number of anilines is 2. The van der Waals surface area contributed by atoms with Gasteiger partial charge >= 0.3 is 0 Å². The molecule has 0 radical (unpaired) electrons. The van der Waals surface area contributed by atoms with Gasteiger partial charge in [-0.3, -0.25) is 0 Å². The number of ether oxygens (including phenoxy) is 1. The first-order valence-electron chi connectivity index (χ1n) is 5.51. The van der Waals surface area contributed by atoms with Crippen molar-refractivity contribution in [3.8, 4) is 0 Å². The fraction of sp³-hybridized carbons (Fsp3) is 0.545. The van der Waals surface area contributed by atoms with Gasteiger partial charge in [-0.2, -0.15) is 0 Å². The molecule has 3 rings (SSSR count). The molecule has 16 heavy (non-hydrogen) atoms. The highest BCUT2D eigenvalue weighted by molar-refractivity contribution is 6.32. The molecular formula is C11H14ClN3O. The SMILES string of the molecule is Nc1cc(N2CC3CCOC3C2)ncc1Cl. The molecule has 3 heterocycles. The van der Waals surface area contributed by atoms with Gasteiger partial charge in [0.2, 0.25) is 0 Å². The number of fused-ring (bicyclic) bond motifs is 1. The maximum Gasteiger partial charge on any atom is 0.130 e. The number of nitrogen functional groups attached to an aromatic ring is 1. The Labute approximate surface area is 99.3 Å². The van der Waals surface area contributed by atoms with Crippen LogP contribution in [0.1, 0.15) is 6.42 Å². The number of pyridine rings is 1. The third-order valence-electron chi connectivity index (χ3n) is 3.40. The summed E-state index contributed by atoms with van der Waals surface area (Å²) in [5.41, 5.74) is 6.36. The summed E-state index contributed by atoms with van der Waals surface area (Å²) in [5.74, 6) is 1.55. The number of hydrogen-bond acceptors (Lipinski definition) is 4. The average molecular weight is 240 g/mol. The van der Waals surface area contributed by atoms with Crippen molar-refractivity contribution in [3.05, 3.63) is 17.3 Å². The lowest BCUT2D eigenvalue weighted by atomic mass is 10.1. The first-order valence-corrected chi connectivity index (χ1v) is 5.89. The van der Waals surface area contributed by atoms with E-state index in [1.54, 1.807) is 6.20 Å². The second-order valence-corrected chi connectivity index (χ2v) is 4.83. The first kappa shape index (κ1) is 10.2. The van der Waals surface area contributed by atoms with Gasteiger partial charge in [-0.1, -0.05) is 11.6 Å². The Morgan fingerprint density at radius 1 is 1.50 bits per heavy atom. The second kappa shape index (κ2) is 3.79. The molecule has 2 N–H and O–H groups in total. The smallest absolute Gasteiger partial charge is 0.130 e. The number of aromatic nitrogens is 1. The second-order valence-electron chi connectivity index (χ2n) is 4.43. The summed E-state index contributed by atoms with van der Waals surface area (Å²) < 4.78 is 5.66. The lowest BCUT2D eigenvalue weighted by molar-refractivity contribution is 0.114. The molecular weight excluding hydrogens is 226 g/mol. The summed E-state index contributed by atoms with van der Waals surface area (Å²) in [4.78, 5) is 6.53. The van der Waals surface area contributed by atoms with Gasteiger partial charge in [0.25, 0.3) is 0 Å². The van der Waals surface area contributed by atoms with Crippen molar-refractivity contribution in [2.45, 2.75) is 12.5 Å². The Balaban J connectivity index is 1.81. The molecule has 86 valence electrons. The van der Waals surface area contributed by atoms with Crippen molar-refractivity contribution in [1.82, 2.24) is 4.98 Å². The molecule has 2 atom stereocenters. The standard InChI is InChI=1S/C11H14ClN3O/c12-8-4-14-11(3-9(8)13)15-5-7-1-2-16-10(7)6-15/h3-4,7,10H,1-2,5-6H2,(H2,13,14). The van der Waals surface area contributed by atoms with Gasteiger partial charge in [-0.15, -0.1) is 0 Å². The highest BCUT2D eigenvalue weighted by Gasteiger charge is 2.37. The minimum atomic E-state index is 0.374. The van der Waals surface area contributed by atoms with Crippen LogP contribution in [0.2, 0.25) is 5.02 Å². The van der Waals surface area contributed by atoms with Crippen LogP contribution in [0.5, 0.6) is 0 Å². The molecule has 1 aromatic heterocycles. The molecule has 2 fully saturated rings. The van der Waals surface area contributed by atoms with Crippen LogP contribution in [-0.4, -0.2) is 30.8 Å². The van der Waals surface area contributed by atoms with E-state index in [9.17, 15) is 0 Å². The third kappa shape index (κ3) is 1.62. The van der Waals surface area contributed by atoms with Crippen LogP contribution in [0.3, 0.4) is 0 Å². The molecule has 0 aromatic carbocycles. The Morgan fingerprint density at radius 2 is 2.38 bits per heavy atom. The van der Waals surface area contributed by atoms with Crippen LogP contribution in [0.15, 0.2) is 12.3 Å². The van der Waals surface area contributed by atoms with Crippen molar-refractivity contribution in [2.75, 3.05) is 30.3 Å². The Hall–Kier alpha value is -1.00. The minimum absolute atomic E-state index is 0.374. The topological polar surface area (TPSA) is 51.4 Å². The van der Waals surface area contributed by atoms with Gasteiger partial charge in [-0.05, 0) is 6.42 Å². The number of hydrogen-bond donors (Lipinski definition) is 1. The van der Waals surface area contributed by atoms with Crippen LogP contribution in [0.4, 0.5) is 11.5 Å². The summed E-state index contributed by atoms with van der Waals surface area (Å²) in [7, 11) is 0. The van der Waals surface area contributed by atoms with E-state index >= 15 is 0 Å². The number of nitrogens with zero attached hydrogens (tertiary/aromatic N) is 2. The van der Waals surface area contributed by atoms with Gasteiger partial charge in [0, 0.05) is 37.9 Å². The van der Waals surface area contributed by atoms with Crippen molar-refractivity contribution in [3.63, 3.8) is 0 Å². The maximum atomic E-state index is 5.85. The zero-order valence-electron chi connectivity index (χ0n) is 8.90. The van der Waals surface area contributed by atoms with E-state index < -0.39 is 0 Å². The molecule has 1 aromatic rings. The van der Waals surface area contributed by atoms with Crippen LogP contribution in [0, 0.1) is 5.92 Å². The Bertz CT molecular complexity index is 400. The molecule has 2 unspecified atom stereocenters. The van der Waals surface area contributed by atoms with Crippen LogP contribution in [-0.2, 0) is 4.74 Å². The molecule has 0 amide bonds. The van der Waals surface area contributed by atoms with Crippen molar-refractivity contribution >= 4 is 23.1 Å². The van der Waals surface area contributed by atoms with Crippen molar-refractivity contribution < 1.29 is 4.74 Å². The zero-order valence-corrected chi connectivity index (χ0v) is 9.65. The summed E-state index contributed by atoms with van der Waals surface area (Å²) in [6, 6.07) is 1.84. The third-order valence-corrected chi connectivity index (χ3v) is 3.71. The fourth-order valence-corrected chi connectivity index (χ4v) is 2.58. The minimum Gasteiger partial charge on any atom is -0.397 e. The van der Waals surface area contributed by atoms with E-state index in [0.29, 0.717) is 22.7 Å². The number of rotatable bonds is 1. The summed E-state index contributed by atoms with van der Waals surface area (Å²) in [6.45, 7) is 2.83. The molecule has 5 heteroatoms. The van der Waals surface area contributed by atoms with E-state index in [-0.39, 0.29) is 0 Å². The largest absolute Gasteiger partial charge is 0.397 e. The molecule has 4 nitrogen and oxygen atoms in total. The van der Waals surface area contributed by atoms with E-state index in [4.69, 9.17) is 22.1 Å². The number of nitrogens with two attached hydrogens (primary N) is 1. The molecule has 0 spiro atoms. The van der Waals surface area contributed by atoms with Crippen molar-refractivity contribution in [1.29, 1.82) is 0 Å². The fourth-order valence-electron chi connectivity index (χ4n) is 2.48. The monoisotopic (exact) mass is 239 g/mol. The highest BCUT2D eigenvalue weighted by Crippen LogP contribution is 2.32. The van der Waals surface area contributed by atoms with Crippen LogP contribution >= 0.6 is 11.6 Å². The van der Waals surface area contributed by atoms with E-state index in [1.165, 1.54) is 0 Å². The molecule has 0 bridgehead atoms. The lowest BCUT2D eigenvalue weighted by Crippen LogP contribution is -2.23. The molecule has 0 aliphatic carbocycles. The predicted octanol–water partition coefficient (Wildman–Crippen LogP) is 1.54. The summed E-state index contributed by atoms with van der Waals surface area (Å²) >= 11 is 5.85. The Morgan fingerprint density at radius 3 is 3.12 bits per heavy atom. The molecule has 0 saturated carbocycles. The van der Waals surface area contributed by atoms with Gasteiger partial charge in [0.15, 0.2) is 0 Å². The molecule has 2 aliphatic rings. The van der Waals surface area contributed by atoms with Gasteiger partial charge in [0.1, 0.15) is 5.82 Å². The highest BCUT2D eigenvalue weighted by atomic mass is 35.5. The van der Waals surface area contributed by atoms with E-state index in [1.807, 2.05) is 6.07 Å². The average Bonchev–Trinajstić information content (AvgIpc) is 2.81. The van der Waals surface area contributed by atoms with Crippen molar-refractivity contribution in [2.24, 2.45) is 5.92 Å². The summed E-state index contributed by atoms with van der Waals surface area (Å²) in [5, 5.41) is 0.513. The number of halogens is 1. The zero-order chi connectivity index (χ0) is 11.1. The van der Waals surface area contributed by atoms with E-state index in [0.717, 1.165) is 31.9 Å². The molecule has 2 aliphatic heterocycles. The van der Waals surface area contributed by atoms with Gasteiger partial charge < -0.3 is 15.4 Å².